The first-order valence-corrected chi connectivity index (χ1v) is 5.81. The second-order valence-electron chi connectivity index (χ2n) is 4.87. The van der Waals surface area contributed by atoms with Gasteiger partial charge in [0.1, 0.15) is 0 Å². The Hall–Kier alpha value is -0.890. The van der Waals surface area contributed by atoms with Crippen molar-refractivity contribution in [2.75, 3.05) is 30.4 Å². The third kappa shape index (κ3) is 1.57. The molecule has 1 aliphatic carbocycles. The highest BCUT2D eigenvalue weighted by molar-refractivity contribution is 6.31. The summed E-state index contributed by atoms with van der Waals surface area (Å²) >= 11 is 6.01. The van der Waals surface area contributed by atoms with Crippen molar-refractivity contribution in [3.63, 3.8) is 0 Å². The fourth-order valence-electron chi connectivity index (χ4n) is 2.42. The molecule has 0 unspecified atom stereocenters. The van der Waals surface area contributed by atoms with Gasteiger partial charge in [-0.05, 0) is 31.0 Å². The highest BCUT2D eigenvalue weighted by atomic mass is 35.5. The lowest BCUT2D eigenvalue weighted by atomic mass is 10.1. The molecule has 0 radical (unpaired) electrons. The SMILES string of the molecule is CN1CC2(CC2)CNc2cc(Cl)ccc21. The van der Waals surface area contributed by atoms with Crippen molar-refractivity contribution >= 4 is 23.0 Å². The first-order valence-electron chi connectivity index (χ1n) is 5.43. The Morgan fingerprint density at radius 1 is 1.40 bits per heavy atom. The highest BCUT2D eigenvalue weighted by Crippen LogP contribution is 2.49. The molecule has 0 atom stereocenters. The van der Waals surface area contributed by atoms with Crippen molar-refractivity contribution in [3.8, 4) is 0 Å². The molecule has 2 nitrogen and oxygen atoms in total. The minimum atomic E-state index is 0.528. The molecule has 3 rings (SSSR count). The van der Waals surface area contributed by atoms with Crippen LogP contribution in [0.2, 0.25) is 5.02 Å². The summed E-state index contributed by atoms with van der Waals surface area (Å²) in [6.07, 6.45) is 2.71. The van der Waals surface area contributed by atoms with E-state index in [0.29, 0.717) is 5.41 Å². The Morgan fingerprint density at radius 3 is 2.93 bits per heavy atom. The second kappa shape index (κ2) is 3.05. The number of benzene rings is 1. The molecule has 1 N–H and O–H groups in total. The molecular weight excluding hydrogens is 208 g/mol. The molecule has 0 saturated heterocycles. The zero-order chi connectivity index (χ0) is 10.5. The fraction of sp³-hybridized carbons (Fsp3) is 0.500. The van der Waals surface area contributed by atoms with E-state index in [2.05, 4.69) is 23.3 Å². The van der Waals surface area contributed by atoms with Crippen molar-refractivity contribution in [2.24, 2.45) is 5.41 Å². The maximum atomic E-state index is 6.01. The summed E-state index contributed by atoms with van der Waals surface area (Å²) in [4.78, 5) is 2.35. The summed E-state index contributed by atoms with van der Waals surface area (Å²) in [5.74, 6) is 0. The van der Waals surface area contributed by atoms with Gasteiger partial charge in [-0.25, -0.2) is 0 Å². The highest BCUT2D eigenvalue weighted by Gasteiger charge is 2.44. The van der Waals surface area contributed by atoms with Gasteiger partial charge in [-0.2, -0.15) is 0 Å². The first kappa shape index (κ1) is 9.34. The van der Waals surface area contributed by atoms with Crippen molar-refractivity contribution in [2.45, 2.75) is 12.8 Å². The standard InChI is InChI=1S/C12H15ClN2/c1-15-8-12(4-5-12)7-14-10-6-9(13)2-3-11(10)15/h2-3,6,14H,4-5,7-8H2,1H3. The minimum Gasteiger partial charge on any atom is -0.383 e. The minimum absolute atomic E-state index is 0.528. The summed E-state index contributed by atoms with van der Waals surface area (Å²) in [6.45, 7) is 2.25. The van der Waals surface area contributed by atoms with Gasteiger partial charge in [-0.15, -0.1) is 0 Å². The van der Waals surface area contributed by atoms with E-state index in [1.54, 1.807) is 0 Å². The van der Waals surface area contributed by atoms with Crippen LogP contribution in [0.1, 0.15) is 12.8 Å². The number of fused-ring (bicyclic) bond motifs is 1. The van der Waals surface area contributed by atoms with Crippen molar-refractivity contribution in [1.29, 1.82) is 0 Å². The molecule has 1 fully saturated rings. The first-order chi connectivity index (χ1) is 7.19. The van der Waals surface area contributed by atoms with E-state index in [1.807, 2.05) is 12.1 Å². The molecule has 0 amide bonds. The van der Waals surface area contributed by atoms with Crippen LogP contribution in [0.25, 0.3) is 0 Å². The Bertz CT molecular complexity index is 399. The second-order valence-corrected chi connectivity index (χ2v) is 5.31. The molecule has 1 aromatic rings. The molecule has 1 aromatic carbocycles. The van der Waals surface area contributed by atoms with Crippen LogP contribution in [-0.4, -0.2) is 20.1 Å². The van der Waals surface area contributed by atoms with Crippen molar-refractivity contribution in [1.82, 2.24) is 0 Å². The molecule has 1 spiro atoms. The number of anilines is 2. The molecule has 15 heavy (non-hydrogen) atoms. The van der Waals surface area contributed by atoms with Crippen LogP contribution in [0.4, 0.5) is 11.4 Å². The lowest BCUT2D eigenvalue weighted by Gasteiger charge is -2.21. The molecule has 0 bridgehead atoms. The fourth-order valence-corrected chi connectivity index (χ4v) is 2.59. The number of hydrogen-bond acceptors (Lipinski definition) is 2. The third-order valence-corrected chi connectivity index (χ3v) is 3.79. The Morgan fingerprint density at radius 2 is 2.20 bits per heavy atom. The van der Waals surface area contributed by atoms with E-state index in [4.69, 9.17) is 11.6 Å². The van der Waals surface area contributed by atoms with Gasteiger partial charge in [-0.1, -0.05) is 11.6 Å². The van der Waals surface area contributed by atoms with Crippen molar-refractivity contribution in [3.05, 3.63) is 23.2 Å². The van der Waals surface area contributed by atoms with Crippen LogP contribution in [0, 0.1) is 5.41 Å². The predicted octanol–water partition coefficient (Wildman–Crippen LogP) is 2.98. The maximum Gasteiger partial charge on any atom is 0.0600 e. The quantitative estimate of drug-likeness (QED) is 0.726. The van der Waals surface area contributed by atoms with E-state index >= 15 is 0 Å². The summed E-state index contributed by atoms with van der Waals surface area (Å²) in [5, 5.41) is 4.33. The van der Waals surface area contributed by atoms with Gasteiger partial charge in [0.25, 0.3) is 0 Å². The number of nitrogens with one attached hydrogen (secondary N) is 1. The summed E-state index contributed by atoms with van der Waals surface area (Å²) < 4.78 is 0. The molecule has 1 heterocycles. The number of halogens is 1. The monoisotopic (exact) mass is 222 g/mol. The van der Waals surface area contributed by atoms with Crippen LogP contribution in [0.3, 0.4) is 0 Å². The van der Waals surface area contributed by atoms with Crippen LogP contribution in [-0.2, 0) is 0 Å². The zero-order valence-corrected chi connectivity index (χ0v) is 9.64. The van der Waals surface area contributed by atoms with Gasteiger partial charge in [0.2, 0.25) is 0 Å². The number of rotatable bonds is 0. The van der Waals surface area contributed by atoms with Crippen molar-refractivity contribution < 1.29 is 0 Å². The smallest absolute Gasteiger partial charge is 0.0600 e. The molecule has 2 aliphatic rings. The van der Waals surface area contributed by atoms with Crippen LogP contribution in [0.5, 0.6) is 0 Å². The molecule has 3 heteroatoms. The van der Waals surface area contributed by atoms with Gasteiger partial charge in [-0.3, -0.25) is 0 Å². The van der Waals surface area contributed by atoms with Crippen LogP contribution < -0.4 is 10.2 Å². The zero-order valence-electron chi connectivity index (χ0n) is 8.89. The molecule has 1 aliphatic heterocycles. The summed E-state index contributed by atoms with van der Waals surface area (Å²) in [7, 11) is 2.17. The number of nitrogens with zero attached hydrogens (tertiary/aromatic N) is 1. The normalized spacial score (nSPS) is 21.9. The van der Waals surface area contributed by atoms with Gasteiger partial charge in [0.15, 0.2) is 0 Å². The average molecular weight is 223 g/mol. The molecule has 1 saturated carbocycles. The summed E-state index contributed by atoms with van der Waals surface area (Å²) in [6, 6.07) is 6.09. The van der Waals surface area contributed by atoms with E-state index in [9.17, 15) is 0 Å². The van der Waals surface area contributed by atoms with Gasteiger partial charge in [0.05, 0.1) is 11.4 Å². The Balaban J connectivity index is 1.99. The topological polar surface area (TPSA) is 15.3 Å². The summed E-state index contributed by atoms with van der Waals surface area (Å²) in [5.41, 5.74) is 2.97. The van der Waals surface area contributed by atoms with E-state index < -0.39 is 0 Å². The maximum absolute atomic E-state index is 6.01. The van der Waals surface area contributed by atoms with E-state index in [-0.39, 0.29) is 0 Å². The Kier molecular flexibility index (Phi) is 1.90. The average Bonchev–Trinajstić information content (AvgIpc) is 2.96. The molecular formula is C12H15ClN2. The number of hydrogen-bond donors (Lipinski definition) is 1. The van der Waals surface area contributed by atoms with E-state index in [0.717, 1.165) is 18.1 Å². The largest absolute Gasteiger partial charge is 0.383 e. The third-order valence-electron chi connectivity index (χ3n) is 3.55. The lowest BCUT2D eigenvalue weighted by Crippen LogP contribution is -2.27. The predicted molar refractivity (Wildman–Crippen MR) is 64.9 cm³/mol. The lowest BCUT2D eigenvalue weighted by molar-refractivity contribution is 0.548. The van der Waals surface area contributed by atoms with Crippen LogP contribution >= 0.6 is 11.6 Å². The molecule has 0 aromatic heterocycles. The molecule has 80 valence electrons. The van der Waals surface area contributed by atoms with Gasteiger partial charge in [0, 0.05) is 30.6 Å². The Labute approximate surface area is 95.2 Å². The van der Waals surface area contributed by atoms with E-state index in [1.165, 1.54) is 24.2 Å². The van der Waals surface area contributed by atoms with Gasteiger partial charge >= 0.3 is 0 Å². The van der Waals surface area contributed by atoms with Crippen LogP contribution in [0.15, 0.2) is 18.2 Å². The van der Waals surface area contributed by atoms with Gasteiger partial charge < -0.3 is 10.2 Å².